The van der Waals surface area contributed by atoms with Crippen molar-refractivity contribution in [1.29, 1.82) is 0 Å². The minimum atomic E-state index is 0.0222. The van der Waals surface area contributed by atoms with Crippen LogP contribution in [-0.2, 0) is 4.79 Å². The topological polar surface area (TPSA) is 50.4 Å². The molecule has 4 heteroatoms. The highest BCUT2D eigenvalue weighted by molar-refractivity contribution is 5.90. The Labute approximate surface area is 108 Å². The Kier molecular flexibility index (Phi) is 4.59. The molecular formula is C14H20N2O2. The smallest absolute Gasteiger partial charge is 0.224 e. The molecule has 4 nitrogen and oxygen atoms in total. The highest BCUT2D eigenvalue weighted by Gasteiger charge is 2.14. The van der Waals surface area contributed by atoms with Gasteiger partial charge >= 0.3 is 0 Å². The summed E-state index contributed by atoms with van der Waals surface area (Å²) in [6.45, 7) is 3.86. The van der Waals surface area contributed by atoms with Gasteiger partial charge in [0.25, 0.3) is 0 Å². The number of anilines is 1. The van der Waals surface area contributed by atoms with Crippen LogP contribution in [0.25, 0.3) is 0 Å². The number of hydrogen-bond donors (Lipinski definition) is 2. The summed E-state index contributed by atoms with van der Waals surface area (Å²) in [5, 5.41) is 6.15. The van der Waals surface area contributed by atoms with E-state index in [2.05, 4.69) is 10.6 Å². The predicted octanol–water partition coefficient (Wildman–Crippen LogP) is 2.17. The van der Waals surface area contributed by atoms with Crippen LogP contribution in [0.3, 0.4) is 0 Å². The van der Waals surface area contributed by atoms with E-state index < -0.39 is 0 Å². The second kappa shape index (κ2) is 6.40. The fourth-order valence-corrected chi connectivity index (χ4v) is 2.00. The van der Waals surface area contributed by atoms with Crippen LogP contribution in [0.15, 0.2) is 24.3 Å². The molecule has 18 heavy (non-hydrogen) atoms. The molecule has 98 valence electrons. The summed E-state index contributed by atoms with van der Waals surface area (Å²) in [7, 11) is 0. The number of carbonyl (C=O) groups is 1. The molecule has 0 saturated carbocycles. The van der Waals surface area contributed by atoms with Crippen LogP contribution in [0.4, 0.5) is 5.69 Å². The van der Waals surface area contributed by atoms with E-state index in [-0.39, 0.29) is 12.0 Å². The molecule has 1 amide bonds. The first-order valence-corrected chi connectivity index (χ1v) is 6.55. The summed E-state index contributed by atoms with van der Waals surface area (Å²) < 4.78 is 5.92. The quantitative estimate of drug-likeness (QED) is 0.858. The maximum atomic E-state index is 11.3. The van der Waals surface area contributed by atoms with Crippen LogP contribution >= 0.6 is 0 Å². The summed E-state index contributed by atoms with van der Waals surface area (Å²) in [6.07, 6.45) is 2.83. The molecule has 0 atom stereocenters. The summed E-state index contributed by atoms with van der Waals surface area (Å²) in [6, 6.07) is 7.60. The fourth-order valence-electron chi connectivity index (χ4n) is 2.00. The standard InChI is InChI=1S/C14H20N2O2/c1-2-14(17)16-11-4-3-5-13(10-11)18-12-6-8-15-9-7-12/h3-5,10,12,15H,2,6-9H2,1H3,(H,16,17). The third kappa shape index (κ3) is 3.74. The maximum Gasteiger partial charge on any atom is 0.224 e. The molecule has 0 bridgehead atoms. The molecule has 2 N–H and O–H groups in total. The van der Waals surface area contributed by atoms with Crippen molar-refractivity contribution in [2.24, 2.45) is 0 Å². The molecule has 1 aromatic carbocycles. The van der Waals surface area contributed by atoms with Crippen molar-refractivity contribution in [2.75, 3.05) is 18.4 Å². The molecule has 1 fully saturated rings. The highest BCUT2D eigenvalue weighted by Crippen LogP contribution is 2.20. The van der Waals surface area contributed by atoms with Gasteiger partial charge in [-0.1, -0.05) is 13.0 Å². The van der Waals surface area contributed by atoms with Crippen LogP contribution in [0.1, 0.15) is 26.2 Å². The minimum Gasteiger partial charge on any atom is -0.490 e. The molecule has 1 aromatic rings. The predicted molar refractivity (Wildman–Crippen MR) is 71.9 cm³/mol. The molecule has 1 aliphatic rings. The number of amides is 1. The summed E-state index contributed by atoms with van der Waals surface area (Å²) in [5.41, 5.74) is 0.799. The van der Waals surface area contributed by atoms with E-state index in [9.17, 15) is 4.79 Å². The van der Waals surface area contributed by atoms with Gasteiger partial charge in [0.1, 0.15) is 11.9 Å². The van der Waals surface area contributed by atoms with Gasteiger partial charge in [-0.2, -0.15) is 0 Å². The molecule has 0 aromatic heterocycles. The first-order valence-electron chi connectivity index (χ1n) is 6.55. The molecule has 0 aliphatic carbocycles. The van der Waals surface area contributed by atoms with Crippen molar-refractivity contribution in [3.8, 4) is 5.75 Å². The van der Waals surface area contributed by atoms with Crippen molar-refractivity contribution < 1.29 is 9.53 Å². The molecule has 1 heterocycles. The molecule has 0 unspecified atom stereocenters. The minimum absolute atomic E-state index is 0.0222. The zero-order valence-electron chi connectivity index (χ0n) is 10.7. The van der Waals surface area contributed by atoms with Gasteiger partial charge in [0.15, 0.2) is 0 Å². The normalized spacial score (nSPS) is 16.3. The largest absolute Gasteiger partial charge is 0.490 e. The third-order valence-corrected chi connectivity index (χ3v) is 3.03. The summed E-state index contributed by atoms with van der Waals surface area (Å²) in [5.74, 6) is 0.852. The number of ether oxygens (including phenoxy) is 1. The molecule has 1 saturated heterocycles. The van der Waals surface area contributed by atoms with Crippen LogP contribution in [-0.4, -0.2) is 25.1 Å². The Hall–Kier alpha value is -1.55. The van der Waals surface area contributed by atoms with Crippen LogP contribution in [0.5, 0.6) is 5.75 Å². The number of hydrogen-bond acceptors (Lipinski definition) is 3. The Bertz CT molecular complexity index is 401. The van der Waals surface area contributed by atoms with E-state index >= 15 is 0 Å². The zero-order valence-corrected chi connectivity index (χ0v) is 10.7. The van der Waals surface area contributed by atoms with Gasteiger partial charge < -0.3 is 15.4 Å². The number of piperidine rings is 1. The summed E-state index contributed by atoms with van der Waals surface area (Å²) >= 11 is 0. The fraction of sp³-hybridized carbons (Fsp3) is 0.500. The molecule has 0 spiro atoms. The molecule has 2 rings (SSSR count). The Morgan fingerprint density at radius 1 is 1.44 bits per heavy atom. The monoisotopic (exact) mass is 248 g/mol. The van der Waals surface area contributed by atoms with Gasteiger partial charge in [0.05, 0.1) is 0 Å². The van der Waals surface area contributed by atoms with Gasteiger partial charge in [-0.05, 0) is 38.1 Å². The van der Waals surface area contributed by atoms with E-state index in [0.717, 1.165) is 37.4 Å². The Balaban J connectivity index is 1.95. The number of carbonyl (C=O) groups excluding carboxylic acids is 1. The summed E-state index contributed by atoms with van der Waals surface area (Å²) in [4.78, 5) is 11.3. The molecular weight excluding hydrogens is 228 g/mol. The van der Waals surface area contributed by atoms with Gasteiger partial charge in [-0.3, -0.25) is 4.79 Å². The average molecular weight is 248 g/mol. The Morgan fingerprint density at radius 3 is 2.94 bits per heavy atom. The zero-order chi connectivity index (χ0) is 12.8. The lowest BCUT2D eigenvalue weighted by Gasteiger charge is -2.24. The van der Waals surface area contributed by atoms with Crippen molar-refractivity contribution in [1.82, 2.24) is 5.32 Å². The second-order valence-electron chi connectivity index (χ2n) is 4.50. The van der Waals surface area contributed by atoms with Crippen LogP contribution in [0, 0.1) is 0 Å². The first kappa shape index (κ1) is 12.9. The Morgan fingerprint density at radius 2 is 2.22 bits per heavy atom. The number of benzene rings is 1. The van der Waals surface area contributed by atoms with E-state index in [1.807, 2.05) is 31.2 Å². The lowest BCUT2D eigenvalue weighted by atomic mass is 10.1. The van der Waals surface area contributed by atoms with E-state index in [4.69, 9.17) is 4.74 Å². The number of nitrogens with one attached hydrogen (secondary N) is 2. The van der Waals surface area contributed by atoms with Crippen LogP contribution < -0.4 is 15.4 Å². The maximum absolute atomic E-state index is 11.3. The van der Waals surface area contributed by atoms with Gasteiger partial charge in [-0.15, -0.1) is 0 Å². The van der Waals surface area contributed by atoms with E-state index in [1.54, 1.807) is 0 Å². The van der Waals surface area contributed by atoms with Crippen molar-refractivity contribution in [2.45, 2.75) is 32.3 Å². The highest BCUT2D eigenvalue weighted by atomic mass is 16.5. The van der Waals surface area contributed by atoms with Crippen molar-refractivity contribution >= 4 is 11.6 Å². The van der Waals surface area contributed by atoms with E-state index in [0.29, 0.717) is 6.42 Å². The van der Waals surface area contributed by atoms with Gasteiger partial charge in [0.2, 0.25) is 5.91 Å². The molecule has 1 aliphatic heterocycles. The van der Waals surface area contributed by atoms with Crippen molar-refractivity contribution in [3.63, 3.8) is 0 Å². The van der Waals surface area contributed by atoms with E-state index in [1.165, 1.54) is 0 Å². The first-order chi connectivity index (χ1) is 8.78. The van der Waals surface area contributed by atoms with Gasteiger partial charge in [0, 0.05) is 18.2 Å². The lowest BCUT2D eigenvalue weighted by molar-refractivity contribution is -0.115. The SMILES string of the molecule is CCC(=O)Nc1cccc(OC2CCNCC2)c1. The van der Waals surface area contributed by atoms with Gasteiger partial charge in [-0.25, -0.2) is 0 Å². The average Bonchev–Trinajstić information content (AvgIpc) is 2.40. The molecule has 0 radical (unpaired) electrons. The van der Waals surface area contributed by atoms with Crippen LogP contribution in [0.2, 0.25) is 0 Å². The number of rotatable bonds is 4. The lowest BCUT2D eigenvalue weighted by Crippen LogP contribution is -2.34. The third-order valence-electron chi connectivity index (χ3n) is 3.03. The second-order valence-corrected chi connectivity index (χ2v) is 4.50. The van der Waals surface area contributed by atoms with Crippen molar-refractivity contribution in [3.05, 3.63) is 24.3 Å².